The number of pyridine rings is 1. The van der Waals surface area contributed by atoms with Gasteiger partial charge >= 0.3 is 0 Å². The van der Waals surface area contributed by atoms with Crippen molar-refractivity contribution in [2.24, 2.45) is 0 Å². The molecule has 1 aromatic heterocycles. The third-order valence-electron chi connectivity index (χ3n) is 4.31. The highest BCUT2D eigenvalue weighted by Gasteiger charge is 2.40. The van der Waals surface area contributed by atoms with E-state index in [-0.39, 0.29) is 24.3 Å². The third kappa shape index (κ3) is 4.17. The molecule has 0 aliphatic carbocycles. The molecule has 1 fully saturated rings. The Morgan fingerprint density at radius 2 is 2.19 bits per heavy atom. The normalized spacial score (nSPS) is 19.2. The van der Waals surface area contributed by atoms with Gasteiger partial charge in [0.1, 0.15) is 23.7 Å². The van der Waals surface area contributed by atoms with Crippen LogP contribution in [0.5, 0.6) is 5.75 Å². The first-order valence-electron chi connectivity index (χ1n) is 8.39. The van der Waals surface area contributed by atoms with Crippen LogP contribution in [0.15, 0.2) is 48.8 Å². The highest BCUT2D eigenvalue weighted by molar-refractivity contribution is 5.89. The maximum absolute atomic E-state index is 13.3. The molecule has 1 aliphatic heterocycles. The maximum Gasteiger partial charge on any atom is 0.242 e. The van der Waals surface area contributed by atoms with Gasteiger partial charge in [-0.3, -0.25) is 14.6 Å². The second-order valence-corrected chi connectivity index (χ2v) is 6.15. The minimum atomic E-state index is -0.609. The summed E-state index contributed by atoms with van der Waals surface area (Å²) in [7, 11) is 1.53. The number of halogens is 1. The molecule has 0 saturated carbocycles. The molecule has 26 heavy (non-hydrogen) atoms. The van der Waals surface area contributed by atoms with E-state index in [1.165, 1.54) is 24.1 Å². The van der Waals surface area contributed by atoms with Gasteiger partial charge in [-0.15, -0.1) is 0 Å². The van der Waals surface area contributed by atoms with Crippen molar-refractivity contribution < 1.29 is 18.7 Å². The molecule has 0 bridgehead atoms. The number of nitrogens with zero attached hydrogens (tertiary/aromatic N) is 2. The molecule has 1 saturated heterocycles. The predicted octanol–water partition coefficient (Wildman–Crippen LogP) is 1.56. The van der Waals surface area contributed by atoms with Gasteiger partial charge in [-0.25, -0.2) is 4.39 Å². The lowest BCUT2D eigenvalue weighted by atomic mass is 10.1. The summed E-state index contributed by atoms with van der Waals surface area (Å²) in [6, 6.07) is 8.83. The molecule has 2 atom stereocenters. The summed E-state index contributed by atoms with van der Waals surface area (Å²) in [5.74, 6) is -0.277. The highest BCUT2D eigenvalue weighted by atomic mass is 19.1. The van der Waals surface area contributed by atoms with Gasteiger partial charge in [0, 0.05) is 19.7 Å². The van der Waals surface area contributed by atoms with Gasteiger partial charge in [-0.2, -0.15) is 0 Å². The molecule has 3 rings (SSSR count). The van der Waals surface area contributed by atoms with Crippen LogP contribution in [0.1, 0.15) is 12.0 Å². The summed E-state index contributed by atoms with van der Waals surface area (Å²) in [5.41, 5.74) is 0.572. The Morgan fingerprint density at radius 1 is 1.35 bits per heavy atom. The Bertz CT molecular complexity index is 785. The van der Waals surface area contributed by atoms with Crippen LogP contribution < -0.4 is 10.1 Å². The van der Waals surface area contributed by atoms with E-state index in [0.29, 0.717) is 24.3 Å². The highest BCUT2D eigenvalue weighted by Crippen LogP contribution is 2.24. The van der Waals surface area contributed by atoms with Crippen molar-refractivity contribution in [3.05, 3.63) is 60.2 Å². The SMILES string of the molecule is CNC(=O)[C@@H]1C[C@H](Oc2cccnc2)CN1C(=O)Cc1cccc(F)c1. The average Bonchev–Trinajstić information content (AvgIpc) is 3.06. The van der Waals surface area contributed by atoms with Gasteiger partial charge in [0.25, 0.3) is 0 Å². The molecule has 2 aromatic rings. The molecule has 1 aliphatic rings. The van der Waals surface area contributed by atoms with Gasteiger partial charge in [0.05, 0.1) is 19.2 Å². The number of aromatic nitrogens is 1. The Kier molecular flexibility index (Phi) is 5.46. The Labute approximate surface area is 151 Å². The zero-order valence-electron chi connectivity index (χ0n) is 14.4. The van der Waals surface area contributed by atoms with E-state index in [9.17, 15) is 14.0 Å². The molecule has 6 nitrogen and oxygen atoms in total. The van der Waals surface area contributed by atoms with Crippen LogP contribution in [0.3, 0.4) is 0 Å². The molecule has 0 spiro atoms. The van der Waals surface area contributed by atoms with Crippen molar-refractivity contribution in [1.29, 1.82) is 0 Å². The number of likely N-dealkylation sites (N-methyl/N-ethyl adjacent to an activating group) is 1. The molecule has 1 N–H and O–H groups in total. The standard InChI is InChI=1S/C19H20FN3O3/c1-21-19(25)17-10-16(26-15-6-3-7-22-11-15)12-23(17)18(24)9-13-4-2-5-14(20)8-13/h2-8,11,16-17H,9-10,12H2,1H3,(H,21,25)/t16-,17-/m0/s1. The van der Waals surface area contributed by atoms with Crippen LogP contribution in [-0.4, -0.2) is 47.4 Å². The quantitative estimate of drug-likeness (QED) is 0.882. The summed E-state index contributed by atoms with van der Waals surface area (Å²) in [6.07, 6.45) is 3.35. The summed E-state index contributed by atoms with van der Waals surface area (Å²) in [6.45, 7) is 0.293. The van der Waals surface area contributed by atoms with E-state index in [2.05, 4.69) is 10.3 Å². The smallest absolute Gasteiger partial charge is 0.242 e. The fourth-order valence-corrected chi connectivity index (χ4v) is 3.11. The molecule has 2 amide bonds. The van der Waals surface area contributed by atoms with Gasteiger partial charge in [0.2, 0.25) is 11.8 Å². The number of likely N-dealkylation sites (tertiary alicyclic amines) is 1. The van der Waals surface area contributed by atoms with E-state index in [1.807, 2.05) is 0 Å². The maximum atomic E-state index is 13.3. The van der Waals surface area contributed by atoms with Crippen LogP contribution in [0.25, 0.3) is 0 Å². The first kappa shape index (κ1) is 17.8. The number of carbonyl (C=O) groups excluding carboxylic acids is 2. The van der Waals surface area contributed by atoms with Crippen molar-refractivity contribution in [3.8, 4) is 5.75 Å². The zero-order valence-corrected chi connectivity index (χ0v) is 14.4. The van der Waals surface area contributed by atoms with Crippen LogP contribution in [0, 0.1) is 5.82 Å². The Hall–Kier alpha value is -2.96. The number of carbonyl (C=O) groups is 2. The lowest BCUT2D eigenvalue weighted by molar-refractivity contribution is -0.137. The van der Waals surface area contributed by atoms with E-state index < -0.39 is 11.9 Å². The Balaban J connectivity index is 1.72. The fourth-order valence-electron chi connectivity index (χ4n) is 3.11. The van der Waals surface area contributed by atoms with Crippen LogP contribution in [-0.2, 0) is 16.0 Å². The molecular weight excluding hydrogens is 337 g/mol. The van der Waals surface area contributed by atoms with E-state index in [4.69, 9.17) is 4.74 Å². The second-order valence-electron chi connectivity index (χ2n) is 6.15. The monoisotopic (exact) mass is 357 g/mol. The van der Waals surface area contributed by atoms with Crippen LogP contribution in [0.2, 0.25) is 0 Å². The number of hydrogen-bond donors (Lipinski definition) is 1. The number of rotatable bonds is 5. The summed E-state index contributed by atoms with van der Waals surface area (Å²) in [4.78, 5) is 30.4. The van der Waals surface area contributed by atoms with Gasteiger partial charge in [-0.1, -0.05) is 12.1 Å². The van der Waals surface area contributed by atoms with E-state index in [1.54, 1.807) is 36.7 Å². The number of nitrogens with one attached hydrogen (secondary N) is 1. The molecule has 0 unspecified atom stereocenters. The lowest BCUT2D eigenvalue weighted by Crippen LogP contribution is -2.45. The van der Waals surface area contributed by atoms with E-state index >= 15 is 0 Å². The van der Waals surface area contributed by atoms with Crippen LogP contribution >= 0.6 is 0 Å². The predicted molar refractivity (Wildman–Crippen MR) is 92.9 cm³/mol. The second kappa shape index (κ2) is 7.95. The van der Waals surface area contributed by atoms with Crippen molar-refractivity contribution >= 4 is 11.8 Å². The minimum Gasteiger partial charge on any atom is -0.487 e. The lowest BCUT2D eigenvalue weighted by Gasteiger charge is -2.23. The van der Waals surface area contributed by atoms with E-state index in [0.717, 1.165) is 0 Å². The van der Waals surface area contributed by atoms with Gasteiger partial charge in [0.15, 0.2) is 0 Å². The molecule has 0 radical (unpaired) electrons. The third-order valence-corrected chi connectivity index (χ3v) is 4.31. The zero-order chi connectivity index (χ0) is 18.5. The molecule has 7 heteroatoms. The first-order valence-corrected chi connectivity index (χ1v) is 8.39. The summed E-state index contributed by atoms with van der Waals surface area (Å²) < 4.78 is 19.2. The molecule has 1 aromatic carbocycles. The van der Waals surface area contributed by atoms with Crippen molar-refractivity contribution in [2.75, 3.05) is 13.6 Å². The number of benzene rings is 1. The average molecular weight is 357 g/mol. The molecular formula is C19H20FN3O3. The summed E-state index contributed by atoms with van der Waals surface area (Å²) in [5, 5.41) is 2.59. The van der Waals surface area contributed by atoms with Crippen molar-refractivity contribution in [1.82, 2.24) is 15.2 Å². The van der Waals surface area contributed by atoms with Gasteiger partial charge < -0.3 is 15.0 Å². The largest absolute Gasteiger partial charge is 0.487 e. The number of ether oxygens (including phenoxy) is 1. The number of amides is 2. The van der Waals surface area contributed by atoms with Gasteiger partial charge in [-0.05, 0) is 29.8 Å². The van der Waals surface area contributed by atoms with Crippen molar-refractivity contribution in [2.45, 2.75) is 25.0 Å². The van der Waals surface area contributed by atoms with Crippen molar-refractivity contribution in [3.63, 3.8) is 0 Å². The fraction of sp³-hybridized carbons (Fsp3) is 0.316. The first-order chi connectivity index (χ1) is 12.6. The molecule has 136 valence electrons. The summed E-state index contributed by atoms with van der Waals surface area (Å²) >= 11 is 0. The number of hydrogen-bond acceptors (Lipinski definition) is 4. The Morgan fingerprint density at radius 3 is 2.88 bits per heavy atom. The minimum absolute atomic E-state index is 0.0326. The topological polar surface area (TPSA) is 71.5 Å². The van der Waals surface area contributed by atoms with Crippen LogP contribution in [0.4, 0.5) is 4.39 Å². The molecule has 2 heterocycles.